The molecule has 1 amide bonds. The van der Waals surface area contributed by atoms with Crippen molar-refractivity contribution in [2.24, 2.45) is 0 Å². The molecule has 0 N–H and O–H groups in total. The van der Waals surface area contributed by atoms with Crippen molar-refractivity contribution in [3.63, 3.8) is 0 Å². The highest BCUT2D eigenvalue weighted by Crippen LogP contribution is 2.26. The SMILES string of the molecule is C=CCN(C(=O)C(F)(F)F)[C@@H](C#N)c1ccc(C)cc1. The fraction of sp³-hybridized carbons (Fsp3) is 0.286. The Morgan fingerprint density at radius 2 is 2.00 bits per heavy atom. The van der Waals surface area contributed by atoms with E-state index in [1.165, 1.54) is 12.1 Å². The fourth-order valence-electron chi connectivity index (χ4n) is 1.68. The zero-order valence-electron chi connectivity index (χ0n) is 10.8. The standard InChI is InChI=1S/C14H13F3N2O/c1-3-8-19(13(20)14(15,16)17)12(9-18)11-6-4-10(2)5-7-11/h3-7,12H,1,8H2,2H3/t12-/m0/s1. The molecule has 0 fully saturated rings. The van der Waals surface area contributed by atoms with Gasteiger partial charge in [0, 0.05) is 6.54 Å². The molecule has 1 aromatic rings. The molecule has 0 heterocycles. The van der Waals surface area contributed by atoms with Crippen LogP contribution in [0.1, 0.15) is 17.2 Å². The summed E-state index contributed by atoms with van der Waals surface area (Å²) in [6, 6.07) is 6.83. The molecule has 1 atom stereocenters. The topological polar surface area (TPSA) is 44.1 Å². The quantitative estimate of drug-likeness (QED) is 0.796. The minimum absolute atomic E-state index is 0.331. The molecule has 3 nitrogen and oxygen atoms in total. The molecule has 20 heavy (non-hydrogen) atoms. The van der Waals surface area contributed by atoms with Gasteiger partial charge < -0.3 is 4.90 Å². The molecule has 0 bridgehead atoms. The molecule has 1 rings (SSSR count). The van der Waals surface area contributed by atoms with Crippen molar-refractivity contribution in [1.82, 2.24) is 4.90 Å². The summed E-state index contributed by atoms with van der Waals surface area (Å²) in [6.07, 6.45) is -3.87. The van der Waals surface area contributed by atoms with Crippen LogP contribution in [0.15, 0.2) is 36.9 Å². The molecule has 6 heteroatoms. The minimum atomic E-state index is -5.02. The van der Waals surface area contributed by atoms with Crippen LogP contribution in [0.3, 0.4) is 0 Å². The predicted octanol–water partition coefficient (Wildman–Crippen LogP) is 3.14. The van der Waals surface area contributed by atoms with Gasteiger partial charge in [0.25, 0.3) is 0 Å². The lowest BCUT2D eigenvalue weighted by Gasteiger charge is -2.27. The number of nitrogens with zero attached hydrogens (tertiary/aromatic N) is 2. The van der Waals surface area contributed by atoms with E-state index in [2.05, 4.69) is 6.58 Å². The van der Waals surface area contributed by atoms with Gasteiger partial charge in [-0.25, -0.2) is 0 Å². The smallest absolute Gasteiger partial charge is 0.311 e. The maximum absolute atomic E-state index is 12.6. The zero-order valence-corrected chi connectivity index (χ0v) is 10.8. The number of alkyl halides is 3. The molecule has 0 saturated carbocycles. The Hall–Kier alpha value is -2.29. The van der Waals surface area contributed by atoms with Crippen molar-refractivity contribution in [1.29, 1.82) is 5.26 Å². The molecule has 0 aliphatic rings. The number of halogens is 3. The van der Waals surface area contributed by atoms with E-state index >= 15 is 0 Å². The van der Waals surface area contributed by atoms with Crippen LogP contribution in [0.25, 0.3) is 0 Å². The van der Waals surface area contributed by atoms with Gasteiger partial charge in [-0.2, -0.15) is 18.4 Å². The summed E-state index contributed by atoms with van der Waals surface area (Å²) >= 11 is 0. The van der Waals surface area contributed by atoms with Crippen LogP contribution in [-0.4, -0.2) is 23.5 Å². The maximum Gasteiger partial charge on any atom is 0.471 e. The van der Waals surface area contributed by atoms with Crippen LogP contribution in [0.2, 0.25) is 0 Å². The molecular formula is C14H13F3N2O. The van der Waals surface area contributed by atoms with Crippen LogP contribution in [0.4, 0.5) is 13.2 Å². The number of benzene rings is 1. The molecule has 0 saturated heterocycles. The summed E-state index contributed by atoms with van der Waals surface area (Å²) in [5, 5.41) is 9.11. The van der Waals surface area contributed by atoms with Gasteiger partial charge in [-0.3, -0.25) is 4.79 Å². The van der Waals surface area contributed by atoms with E-state index < -0.39 is 18.1 Å². The minimum Gasteiger partial charge on any atom is -0.311 e. The number of rotatable bonds is 4. The number of hydrogen-bond donors (Lipinski definition) is 0. The Bertz CT molecular complexity index is 529. The Kier molecular flexibility index (Phi) is 4.92. The summed E-state index contributed by atoms with van der Waals surface area (Å²) in [5.74, 6) is -2.05. The van der Waals surface area contributed by atoms with Crippen molar-refractivity contribution < 1.29 is 18.0 Å². The molecular weight excluding hydrogens is 269 g/mol. The van der Waals surface area contributed by atoms with E-state index in [9.17, 15) is 18.0 Å². The average molecular weight is 282 g/mol. The molecule has 106 valence electrons. The number of hydrogen-bond acceptors (Lipinski definition) is 2. The number of nitriles is 1. The number of carbonyl (C=O) groups is 1. The molecule has 0 aromatic heterocycles. The molecule has 0 radical (unpaired) electrons. The largest absolute Gasteiger partial charge is 0.471 e. The van der Waals surface area contributed by atoms with Gasteiger partial charge in [0.1, 0.15) is 6.04 Å². The number of carbonyl (C=O) groups excluding carboxylic acids is 1. The highest BCUT2D eigenvalue weighted by molar-refractivity contribution is 5.82. The van der Waals surface area contributed by atoms with Crippen LogP contribution < -0.4 is 0 Å². The average Bonchev–Trinajstić information content (AvgIpc) is 2.38. The van der Waals surface area contributed by atoms with Crippen molar-refractivity contribution in [3.05, 3.63) is 48.0 Å². The molecule has 0 aliphatic heterocycles. The van der Waals surface area contributed by atoms with E-state index in [0.29, 0.717) is 10.5 Å². The van der Waals surface area contributed by atoms with Crippen LogP contribution in [0.5, 0.6) is 0 Å². The lowest BCUT2D eigenvalue weighted by Crippen LogP contribution is -2.43. The first kappa shape index (κ1) is 15.8. The van der Waals surface area contributed by atoms with Gasteiger partial charge in [-0.05, 0) is 12.5 Å². The van der Waals surface area contributed by atoms with Crippen LogP contribution in [0, 0.1) is 18.3 Å². The van der Waals surface area contributed by atoms with E-state index in [-0.39, 0.29) is 6.54 Å². The molecule has 0 aliphatic carbocycles. The molecule has 0 spiro atoms. The number of amides is 1. The first-order valence-corrected chi connectivity index (χ1v) is 5.76. The van der Waals surface area contributed by atoms with Crippen molar-refractivity contribution in [2.75, 3.05) is 6.54 Å². The second kappa shape index (κ2) is 6.24. The van der Waals surface area contributed by atoms with Gasteiger partial charge in [-0.15, -0.1) is 6.58 Å². The monoisotopic (exact) mass is 282 g/mol. The fourth-order valence-corrected chi connectivity index (χ4v) is 1.68. The summed E-state index contributed by atoms with van der Waals surface area (Å²) in [6.45, 7) is 4.78. The zero-order chi connectivity index (χ0) is 15.3. The second-order valence-corrected chi connectivity index (χ2v) is 4.19. The second-order valence-electron chi connectivity index (χ2n) is 4.19. The normalized spacial score (nSPS) is 12.3. The van der Waals surface area contributed by atoms with Crippen molar-refractivity contribution in [2.45, 2.75) is 19.1 Å². The highest BCUT2D eigenvalue weighted by Gasteiger charge is 2.44. The van der Waals surface area contributed by atoms with Gasteiger partial charge in [-0.1, -0.05) is 35.9 Å². The summed E-state index contributed by atoms with van der Waals surface area (Å²) < 4.78 is 37.7. The highest BCUT2D eigenvalue weighted by atomic mass is 19.4. The maximum atomic E-state index is 12.6. The lowest BCUT2D eigenvalue weighted by molar-refractivity contribution is -0.186. The van der Waals surface area contributed by atoms with Gasteiger partial charge in [0.2, 0.25) is 0 Å². The van der Waals surface area contributed by atoms with Gasteiger partial charge >= 0.3 is 12.1 Å². The summed E-state index contributed by atoms with van der Waals surface area (Å²) in [7, 11) is 0. The first-order valence-electron chi connectivity index (χ1n) is 5.76. The van der Waals surface area contributed by atoms with Crippen LogP contribution >= 0.6 is 0 Å². The lowest BCUT2D eigenvalue weighted by atomic mass is 10.0. The summed E-state index contributed by atoms with van der Waals surface area (Å²) in [4.78, 5) is 11.9. The Balaban J connectivity index is 3.17. The Labute approximate surface area is 114 Å². The van der Waals surface area contributed by atoms with Crippen LogP contribution in [-0.2, 0) is 4.79 Å². The van der Waals surface area contributed by atoms with Crippen molar-refractivity contribution in [3.8, 4) is 6.07 Å². The van der Waals surface area contributed by atoms with E-state index in [1.807, 2.05) is 6.92 Å². The third-order valence-electron chi connectivity index (χ3n) is 2.66. The van der Waals surface area contributed by atoms with Crippen molar-refractivity contribution >= 4 is 5.91 Å². The first-order chi connectivity index (χ1) is 9.31. The van der Waals surface area contributed by atoms with E-state index in [1.54, 1.807) is 18.2 Å². The Morgan fingerprint density at radius 1 is 1.45 bits per heavy atom. The van der Waals surface area contributed by atoms with Gasteiger partial charge in [0.15, 0.2) is 0 Å². The summed E-state index contributed by atoms with van der Waals surface area (Å²) in [5.41, 5.74) is 1.24. The third kappa shape index (κ3) is 3.60. The Morgan fingerprint density at radius 3 is 2.40 bits per heavy atom. The molecule has 0 unspecified atom stereocenters. The third-order valence-corrected chi connectivity index (χ3v) is 2.66. The van der Waals surface area contributed by atoms with Gasteiger partial charge in [0.05, 0.1) is 6.07 Å². The van der Waals surface area contributed by atoms with E-state index in [4.69, 9.17) is 5.26 Å². The number of aryl methyl sites for hydroxylation is 1. The predicted molar refractivity (Wildman–Crippen MR) is 67.5 cm³/mol. The molecule has 1 aromatic carbocycles. The van der Waals surface area contributed by atoms with E-state index in [0.717, 1.165) is 11.6 Å².